The van der Waals surface area contributed by atoms with Crippen molar-refractivity contribution < 1.29 is 14.4 Å². The number of benzene rings is 2. The van der Waals surface area contributed by atoms with E-state index in [1.807, 2.05) is 0 Å². The quantitative estimate of drug-likeness (QED) is 0.483. The minimum absolute atomic E-state index is 0. The van der Waals surface area contributed by atoms with Crippen molar-refractivity contribution in [2.75, 3.05) is 0 Å². The number of ketones is 3. The molecule has 0 fully saturated rings. The fourth-order valence-corrected chi connectivity index (χ4v) is 2.03. The van der Waals surface area contributed by atoms with Crippen LogP contribution >= 0.6 is 0 Å². The zero-order valence-electron chi connectivity index (χ0n) is 11.8. The molecule has 0 aliphatic rings. The first-order valence-corrected chi connectivity index (χ1v) is 6.30. The van der Waals surface area contributed by atoms with Crippen LogP contribution in [0.4, 0.5) is 0 Å². The van der Waals surface area contributed by atoms with E-state index in [9.17, 15) is 14.4 Å². The van der Waals surface area contributed by atoms with E-state index in [-0.39, 0.29) is 23.1 Å². The van der Waals surface area contributed by atoms with Crippen LogP contribution in [0.1, 0.15) is 27.6 Å². The van der Waals surface area contributed by atoms with E-state index < -0.39 is 23.3 Å². The standard InChI is InChI=1S/C17H14O3.Mg/c1-12(18)15(16(19)13-8-4-2-5-9-13)17(20)14-10-6-3-7-11-14;/h2-11,15H,1H3;/q;+2. The van der Waals surface area contributed by atoms with Gasteiger partial charge in [0.25, 0.3) is 0 Å². The van der Waals surface area contributed by atoms with Crippen molar-refractivity contribution in [2.24, 2.45) is 5.92 Å². The predicted molar refractivity (Wildman–Crippen MR) is 81.5 cm³/mol. The van der Waals surface area contributed by atoms with Gasteiger partial charge < -0.3 is 0 Å². The molecule has 100 valence electrons. The van der Waals surface area contributed by atoms with Crippen LogP contribution in [-0.4, -0.2) is 40.4 Å². The van der Waals surface area contributed by atoms with Crippen LogP contribution in [0.5, 0.6) is 0 Å². The van der Waals surface area contributed by atoms with E-state index in [0.29, 0.717) is 11.1 Å². The van der Waals surface area contributed by atoms with Crippen LogP contribution in [0.2, 0.25) is 0 Å². The van der Waals surface area contributed by atoms with Gasteiger partial charge >= 0.3 is 23.1 Å². The second kappa shape index (κ2) is 7.86. The summed E-state index contributed by atoms with van der Waals surface area (Å²) in [5, 5.41) is 0. The van der Waals surface area contributed by atoms with Gasteiger partial charge in [0, 0.05) is 11.1 Å². The average molecular weight is 291 g/mol. The molecule has 0 radical (unpaired) electrons. The summed E-state index contributed by atoms with van der Waals surface area (Å²) in [7, 11) is 0. The van der Waals surface area contributed by atoms with Crippen LogP contribution in [0.15, 0.2) is 60.7 Å². The van der Waals surface area contributed by atoms with Crippen molar-refractivity contribution in [1.29, 1.82) is 0 Å². The Kier molecular flexibility index (Phi) is 6.46. The van der Waals surface area contributed by atoms with E-state index in [1.54, 1.807) is 60.7 Å². The molecule has 0 saturated heterocycles. The topological polar surface area (TPSA) is 51.2 Å². The second-order valence-corrected chi connectivity index (χ2v) is 4.50. The molecule has 2 aromatic carbocycles. The molecule has 0 bridgehead atoms. The molecule has 0 amide bonds. The molecule has 0 aliphatic carbocycles. The minimum Gasteiger partial charge on any atom is -0.299 e. The summed E-state index contributed by atoms with van der Waals surface area (Å²) in [6.07, 6.45) is 0. The van der Waals surface area contributed by atoms with E-state index in [4.69, 9.17) is 0 Å². The fraction of sp³-hybridized carbons (Fsp3) is 0.118. The average Bonchev–Trinajstić information content (AvgIpc) is 2.48. The van der Waals surface area contributed by atoms with Crippen molar-refractivity contribution in [3.63, 3.8) is 0 Å². The van der Waals surface area contributed by atoms with Crippen LogP contribution in [-0.2, 0) is 4.79 Å². The second-order valence-electron chi connectivity index (χ2n) is 4.50. The predicted octanol–water partition coefficient (Wildman–Crippen LogP) is 2.58. The van der Waals surface area contributed by atoms with Crippen molar-refractivity contribution in [1.82, 2.24) is 0 Å². The van der Waals surface area contributed by atoms with Crippen LogP contribution in [0, 0.1) is 5.92 Å². The first-order valence-electron chi connectivity index (χ1n) is 6.30. The van der Waals surface area contributed by atoms with Crippen molar-refractivity contribution in [2.45, 2.75) is 6.92 Å². The molecule has 0 spiro atoms. The Labute approximate surface area is 139 Å². The smallest absolute Gasteiger partial charge is 0.299 e. The fourth-order valence-electron chi connectivity index (χ4n) is 2.03. The molecule has 0 aliphatic heterocycles. The largest absolute Gasteiger partial charge is 2.00 e. The summed E-state index contributed by atoms with van der Waals surface area (Å²) >= 11 is 0. The van der Waals surface area contributed by atoms with Crippen molar-refractivity contribution in [3.05, 3.63) is 71.8 Å². The van der Waals surface area contributed by atoms with Gasteiger partial charge in [0.1, 0.15) is 11.7 Å². The Balaban J connectivity index is 0.00000220. The molecule has 0 unspecified atom stereocenters. The molecule has 0 aromatic heterocycles. The van der Waals surface area contributed by atoms with Crippen LogP contribution < -0.4 is 0 Å². The van der Waals surface area contributed by atoms with Gasteiger partial charge in [-0.3, -0.25) is 14.4 Å². The third kappa shape index (κ3) is 4.09. The SMILES string of the molecule is CC(=O)C(C(=O)c1ccccc1)C(=O)c1ccccc1.[Mg+2]. The zero-order chi connectivity index (χ0) is 14.5. The summed E-state index contributed by atoms with van der Waals surface area (Å²) in [5.41, 5.74) is 0.744. The third-order valence-electron chi connectivity index (χ3n) is 3.05. The first kappa shape index (κ1) is 17.3. The number of carbonyl (C=O) groups is 3. The van der Waals surface area contributed by atoms with E-state index in [2.05, 4.69) is 0 Å². The molecule has 0 heterocycles. The maximum atomic E-state index is 12.4. The van der Waals surface area contributed by atoms with Gasteiger partial charge in [-0.25, -0.2) is 0 Å². The minimum atomic E-state index is -1.26. The maximum absolute atomic E-state index is 12.4. The molecule has 0 saturated carbocycles. The van der Waals surface area contributed by atoms with Crippen LogP contribution in [0.25, 0.3) is 0 Å². The van der Waals surface area contributed by atoms with Gasteiger partial charge in [0.05, 0.1) is 0 Å². The molecular weight excluding hydrogens is 276 g/mol. The van der Waals surface area contributed by atoms with Crippen molar-refractivity contribution in [3.8, 4) is 0 Å². The molecule has 3 nitrogen and oxygen atoms in total. The molecule has 2 aromatic rings. The number of carbonyl (C=O) groups excluding carboxylic acids is 3. The summed E-state index contributed by atoms with van der Waals surface area (Å²) in [6, 6.07) is 16.8. The summed E-state index contributed by atoms with van der Waals surface area (Å²) < 4.78 is 0. The summed E-state index contributed by atoms with van der Waals surface area (Å²) in [4.78, 5) is 36.5. The summed E-state index contributed by atoms with van der Waals surface area (Å²) in [5.74, 6) is -2.61. The monoisotopic (exact) mass is 290 g/mol. The van der Waals surface area contributed by atoms with Gasteiger partial charge in [-0.15, -0.1) is 0 Å². The Morgan fingerprint density at radius 2 is 1.05 bits per heavy atom. The zero-order valence-corrected chi connectivity index (χ0v) is 13.2. The molecule has 2 rings (SSSR count). The Hall–Kier alpha value is -1.78. The Morgan fingerprint density at radius 3 is 1.33 bits per heavy atom. The number of Topliss-reactive ketones (excluding diaryl/α,β-unsaturated/α-hetero) is 3. The Bertz CT molecular complexity index is 584. The number of rotatable bonds is 5. The molecule has 0 atom stereocenters. The third-order valence-corrected chi connectivity index (χ3v) is 3.05. The van der Waals surface area contributed by atoms with Gasteiger partial charge in [0.15, 0.2) is 11.6 Å². The van der Waals surface area contributed by atoms with Gasteiger partial charge in [-0.05, 0) is 6.92 Å². The number of hydrogen-bond acceptors (Lipinski definition) is 3. The van der Waals surface area contributed by atoms with E-state index >= 15 is 0 Å². The number of hydrogen-bond donors (Lipinski definition) is 0. The normalized spacial score (nSPS) is 9.81. The Morgan fingerprint density at radius 1 is 0.714 bits per heavy atom. The first-order chi connectivity index (χ1) is 9.61. The van der Waals surface area contributed by atoms with Crippen LogP contribution in [0.3, 0.4) is 0 Å². The molecular formula is C17H14MgO3+2. The van der Waals surface area contributed by atoms with E-state index in [1.165, 1.54) is 6.92 Å². The maximum Gasteiger partial charge on any atom is 2.00 e. The van der Waals surface area contributed by atoms with E-state index in [0.717, 1.165) is 0 Å². The molecule has 4 heteroatoms. The molecule has 21 heavy (non-hydrogen) atoms. The van der Waals surface area contributed by atoms with Crippen molar-refractivity contribution >= 4 is 40.4 Å². The van der Waals surface area contributed by atoms with Gasteiger partial charge in [0.2, 0.25) is 0 Å². The summed E-state index contributed by atoms with van der Waals surface area (Å²) in [6.45, 7) is 1.27. The molecule has 0 N–H and O–H groups in total. The van der Waals surface area contributed by atoms with Gasteiger partial charge in [-0.1, -0.05) is 60.7 Å². The van der Waals surface area contributed by atoms with Gasteiger partial charge in [-0.2, -0.15) is 0 Å².